The fraction of sp³-hybridized carbons (Fsp3) is 0.348. The van der Waals surface area contributed by atoms with Crippen molar-refractivity contribution in [1.29, 1.82) is 0 Å². The first-order valence-corrected chi connectivity index (χ1v) is 10.2. The number of hydrogen-bond acceptors (Lipinski definition) is 5. The number of carbonyl (C=O) groups is 3. The molecule has 1 fully saturated rings. The molecule has 2 unspecified atom stereocenters. The van der Waals surface area contributed by atoms with Gasteiger partial charge in [0.05, 0.1) is 6.61 Å². The van der Waals surface area contributed by atoms with Crippen molar-refractivity contribution in [2.75, 3.05) is 19.8 Å². The van der Waals surface area contributed by atoms with E-state index in [1.807, 2.05) is 48.5 Å². The Morgan fingerprint density at radius 1 is 1.13 bits per heavy atom. The number of carboxylic acids is 1. The summed E-state index contributed by atoms with van der Waals surface area (Å²) in [5, 5.41) is 14.4. The molecule has 8 nitrogen and oxygen atoms in total. The number of rotatable bonds is 6. The highest BCUT2D eigenvalue weighted by molar-refractivity contribution is 5.91. The lowest BCUT2D eigenvalue weighted by molar-refractivity contribution is -0.147. The second kappa shape index (κ2) is 8.39. The third-order valence-corrected chi connectivity index (χ3v) is 5.86. The molecule has 0 saturated carbocycles. The summed E-state index contributed by atoms with van der Waals surface area (Å²) in [6.45, 7) is 1.75. The van der Waals surface area contributed by atoms with Crippen molar-refractivity contribution in [2.45, 2.75) is 30.8 Å². The highest BCUT2D eigenvalue weighted by Gasteiger charge is 2.44. The number of carboxylic acid groups (broad SMARTS) is 1. The standard InChI is InChI=1S/C23H24N2O6/c1-14(20(26)25-23(21(27)28)10-11-30-13-23)24-22(29)31-12-19-17-8-4-2-6-15(17)16-7-3-5-9-18(16)19/h2-9,14,19H,10-13H2,1H3,(H,24,29)(H,25,26)(H,27,28). The Morgan fingerprint density at radius 2 is 1.74 bits per heavy atom. The summed E-state index contributed by atoms with van der Waals surface area (Å²) in [6.07, 6.45) is -0.567. The SMILES string of the molecule is CC(NC(=O)OCC1c2ccccc2-c2ccccc21)C(=O)NC1(C(=O)O)CCOC1. The molecule has 1 heterocycles. The van der Waals surface area contributed by atoms with Crippen LogP contribution in [0.25, 0.3) is 11.1 Å². The highest BCUT2D eigenvalue weighted by atomic mass is 16.5. The van der Waals surface area contributed by atoms with E-state index in [1.54, 1.807) is 0 Å². The number of aliphatic carboxylic acids is 1. The quantitative estimate of drug-likeness (QED) is 0.656. The Balaban J connectivity index is 1.36. The summed E-state index contributed by atoms with van der Waals surface area (Å²) < 4.78 is 10.6. The number of hydrogen-bond donors (Lipinski definition) is 3. The van der Waals surface area contributed by atoms with Crippen LogP contribution in [0.15, 0.2) is 48.5 Å². The van der Waals surface area contributed by atoms with Crippen molar-refractivity contribution in [2.24, 2.45) is 0 Å². The Kier molecular flexibility index (Phi) is 5.65. The molecule has 3 N–H and O–H groups in total. The third-order valence-electron chi connectivity index (χ3n) is 5.86. The molecule has 0 bridgehead atoms. The van der Waals surface area contributed by atoms with Crippen LogP contribution in [0, 0.1) is 0 Å². The summed E-state index contributed by atoms with van der Waals surface area (Å²) in [7, 11) is 0. The van der Waals surface area contributed by atoms with Crippen LogP contribution < -0.4 is 10.6 Å². The van der Waals surface area contributed by atoms with Gasteiger partial charge in [-0.3, -0.25) is 4.79 Å². The first-order chi connectivity index (χ1) is 14.9. The Morgan fingerprint density at radius 3 is 2.29 bits per heavy atom. The number of nitrogens with one attached hydrogen (secondary N) is 2. The molecule has 162 valence electrons. The van der Waals surface area contributed by atoms with E-state index >= 15 is 0 Å². The zero-order valence-corrected chi connectivity index (χ0v) is 17.1. The third kappa shape index (κ3) is 3.98. The summed E-state index contributed by atoms with van der Waals surface area (Å²) >= 11 is 0. The molecule has 2 amide bonds. The second-order valence-corrected chi connectivity index (χ2v) is 7.87. The largest absolute Gasteiger partial charge is 0.479 e. The van der Waals surface area contributed by atoms with Gasteiger partial charge in [0, 0.05) is 18.9 Å². The van der Waals surface area contributed by atoms with Crippen molar-refractivity contribution in [3.05, 3.63) is 59.7 Å². The van der Waals surface area contributed by atoms with E-state index in [2.05, 4.69) is 10.6 Å². The van der Waals surface area contributed by atoms with Crippen LogP contribution in [0.1, 0.15) is 30.4 Å². The van der Waals surface area contributed by atoms with Gasteiger partial charge in [-0.2, -0.15) is 0 Å². The van der Waals surface area contributed by atoms with Crippen molar-refractivity contribution in [3.8, 4) is 11.1 Å². The topological polar surface area (TPSA) is 114 Å². The fourth-order valence-corrected chi connectivity index (χ4v) is 4.11. The predicted octanol–water partition coefficient (Wildman–Crippen LogP) is 2.27. The van der Waals surface area contributed by atoms with E-state index in [0.29, 0.717) is 0 Å². The number of alkyl carbamates (subject to hydrolysis) is 1. The maximum atomic E-state index is 12.4. The minimum atomic E-state index is -1.46. The molecule has 31 heavy (non-hydrogen) atoms. The first kappa shape index (κ1) is 20.9. The van der Waals surface area contributed by atoms with Gasteiger partial charge >= 0.3 is 12.1 Å². The maximum Gasteiger partial charge on any atom is 0.407 e. The molecule has 0 radical (unpaired) electrons. The number of ether oxygens (including phenoxy) is 2. The molecule has 8 heteroatoms. The van der Waals surface area contributed by atoms with Gasteiger partial charge in [0.25, 0.3) is 0 Å². The van der Waals surface area contributed by atoms with Crippen LogP contribution in [0.4, 0.5) is 4.79 Å². The molecule has 1 aliphatic heterocycles. The summed E-state index contributed by atoms with van der Waals surface area (Å²) in [6, 6.07) is 15.0. The lowest BCUT2D eigenvalue weighted by atomic mass is 9.98. The molecule has 4 rings (SSSR count). The van der Waals surface area contributed by atoms with E-state index in [1.165, 1.54) is 6.92 Å². The second-order valence-electron chi connectivity index (χ2n) is 7.87. The van der Waals surface area contributed by atoms with Gasteiger partial charge in [0.1, 0.15) is 12.6 Å². The van der Waals surface area contributed by atoms with Crippen LogP contribution in [0.3, 0.4) is 0 Å². The lowest BCUT2D eigenvalue weighted by Gasteiger charge is -2.25. The molecular weight excluding hydrogens is 400 g/mol. The Labute approximate surface area is 179 Å². The number of amides is 2. The van der Waals surface area contributed by atoms with Crippen LogP contribution >= 0.6 is 0 Å². The normalized spacial score (nSPS) is 20.4. The molecule has 1 aliphatic carbocycles. The smallest absolute Gasteiger partial charge is 0.407 e. The minimum Gasteiger partial charge on any atom is -0.479 e. The minimum absolute atomic E-state index is 0.0896. The van der Waals surface area contributed by atoms with Crippen LogP contribution in [-0.2, 0) is 19.1 Å². The van der Waals surface area contributed by atoms with Crippen molar-refractivity contribution >= 4 is 18.0 Å². The van der Waals surface area contributed by atoms with E-state index in [9.17, 15) is 19.5 Å². The van der Waals surface area contributed by atoms with Crippen LogP contribution in [0.2, 0.25) is 0 Å². The van der Waals surface area contributed by atoms with E-state index in [0.717, 1.165) is 22.3 Å². The monoisotopic (exact) mass is 424 g/mol. The number of fused-ring (bicyclic) bond motifs is 3. The maximum absolute atomic E-state index is 12.4. The number of carbonyl (C=O) groups excluding carboxylic acids is 2. The summed E-state index contributed by atoms with van der Waals surface area (Å²) in [5.74, 6) is -1.86. The number of benzene rings is 2. The highest BCUT2D eigenvalue weighted by Crippen LogP contribution is 2.44. The fourth-order valence-electron chi connectivity index (χ4n) is 4.11. The summed E-state index contributed by atoms with van der Waals surface area (Å²) in [4.78, 5) is 36.3. The van der Waals surface area contributed by atoms with Gasteiger partial charge in [0.2, 0.25) is 5.91 Å². The van der Waals surface area contributed by atoms with E-state index < -0.39 is 29.6 Å². The van der Waals surface area contributed by atoms with Gasteiger partial charge in [-0.05, 0) is 29.2 Å². The van der Waals surface area contributed by atoms with Gasteiger partial charge in [-0.25, -0.2) is 9.59 Å². The average molecular weight is 424 g/mol. The lowest BCUT2D eigenvalue weighted by Crippen LogP contribution is -2.59. The zero-order chi connectivity index (χ0) is 22.0. The van der Waals surface area contributed by atoms with Crippen molar-refractivity contribution < 1.29 is 29.0 Å². The molecule has 2 aliphatic rings. The first-order valence-electron chi connectivity index (χ1n) is 10.2. The molecule has 1 saturated heterocycles. The zero-order valence-electron chi connectivity index (χ0n) is 17.1. The summed E-state index contributed by atoms with van der Waals surface area (Å²) in [5.41, 5.74) is 2.96. The van der Waals surface area contributed by atoms with Crippen molar-refractivity contribution in [3.63, 3.8) is 0 Å². The molecule has 2 atom stereocenters. The van der Waals surface area contributed by atoms with Crippen LogP contribution in [-0.4, -0.2) is 54.5 Å². The Bertz CT molecular complexity index is 969. The molecule has 2 aromatic rings. The Hall–Kier alpha value is -3.39. The van der Waals surface area contributed by atoms with Gasteiger partial charge in [0.15, 0.2) is 5.54 Å². The van der Waals surface area contributed by atoms with Crippen LogP contribution in [0.5, 0.6) is 0 Å². The average Bonchev–Trinajstić information content (AvgIpc) is 3.36. The molecule has 0 spiro atoms. The van der Waals surface area contributed by atoms with Crippen molar-refractivity contribution in [1.82, 2.24) is 10.6 Å². The predicted molar refractivity (Wildman–Crippen MR) is 112 cm³/mol. The van der Waals surface area contributed by atoms with Gasteiger partial charge in [-0.1, -0.05) is 48.5 Å². The molecule has 0 aromatic heterocycles. The van der Waals surface area contributed by atoms with Gasteiger partial charge < -0.3 is 25.2 Å². The van der Waals surface area contributed by atoms with E-state index in [-0.39, 0.29) is 32.2 Å². The van der Waals surface area contributed by atoms with E-state index in [4.69, 9.17) is 9.47 Å². The molecule has 2 aromatic carbocycles. The molecular formula is C23H24N2O6. The van der Waals surface area contributed by atoms with Gasteiger partial charge in [-0.15, -0.1) is 0 Å².